The molecular weight excluding hydrogens is 248 g/mol. The van der Waals surface area contributed by atoms with Crippen molar-refractivity contribution in [1.82, 2.24) is 4.98 Å². The maximum atomic E-state index is 11.3. The number of nitrogens with zero attached hydrogens (tertiary/aromatic N) is 2. The molecule has 2 heterocycles. The van der Waals surface area contributed by atoms with E-state index in [2.05, 4.69) is 11.8 Å². The van der Waals surface area contributed by atoms with Crippen LogP contribution in [0.2, 0.25) is 0 Å². The van der Waals surface area contributed by atoms with Gasteiger partial charge < -0.3 is 9.45 Å². The zero-order chi connectivity index (χ0) is 12.8. The van der Waals surface area contributed by atoms with Crippen molar-refractivity contribution in [2.75, 3.05) is 18.0 Å². The molecule has 1 saturated heterocycles. The van der Waals surface area contributed by atoms with Crippen molar-refractivity contribution >= 4 is 16.9 Å². The molecule has 0 radical (unpaired) electrons. The number of hydrogen-bond acceptors (Lipinski definition) is 3. The molecule has 1 aliphatic carbocycles. The Balaban J connectivity index is 2.02. The Hall–Kier alpha value is -0.940. The number of aromatic nitrogens is 1. The molecule has 3 rings (SSSR count). The van der Waals surface area contributed by atoms with E-state index in [-0.39, 0.29) is 5.41 Å². The van der Waals surface area contributed by atoms with Gasteiger partial charge in [-0.25, -0.2) is 9.19 Å². The molecule has 1 N–H and O–H groups in total. The van der Waals surface area contributed by atoms with Crippen LogP contribution in [-0.4, -0.2) is 26.8 Å². The average molecular weight is 266 g/mol. The quantitative estimate of drug-likeness (QED) is 0.853. The summed E-state index contributed by atoms with van der Waals surface area (Å²) < 4.78 is 20.7. The van der Waals surface area contributed by atoms with Crippen LogP contribution in [0.3, 0.4) is 0 Å². The molecule has 1 saturated carbocycles. The lowest BCUT2D eigenvalue weighted by atomic mass is 10.1. The van der Waals surface area contributed by atoms with Crippen LogP contribution in [0.1, 0.15) is 38.3 Å². The predicted octanol–water partition coefficient (Wildman–Crippen LogP) is 2.31. The van der Waals surface area contributed by atoms with Crippen molar-refractivity contribution in [3.63, 3.8) is 0 Å². The van der Waals surface area contributed by atoms with Gasteiger partial charge in [-0.3, -0.25) is 0 Å². The molecule has 5 heteroatoms. The van der Waals surface area contributed by atoms with Crippen LogP contribution >= 0.6 is 0 Å². The molecule has 1 aliphatic heterocycles. The zero-order valence-electron chi connectivity index (χ0n) is 10.6. The Kier molecular flexibility index (Phi) is 2.90. The molecule has 0 aromatic carbocycles. The smallest absolute Gasteiger partial charge is 0.186 e. The first kappa shape index (κ1) is 12.1. The van der Waals surface area contributed by atoms with Crippen molar-refractivity contribution < 1.29 is 8.76 Å². The van der Waals surface area contributed by atoms with Crippen LogP contribution < -0.4 is 4.90 Å². The molecule has 1 aromatic rings. The Morgan fingerprint density at radius 1 is 1.33 bits per heavy atom. The second kappa shape index (κ2) is 4.31. The van der Waals surface area contributed by atoms with E-state index < -0.39 is 11.1 Å². The molecule has 1 atom stereocenters. The first-order valence-electron chi connectivity index (χ1n) is 6.47. The van der Waals surface area contributed by atoms with Crippen LogP contribution in [0.5, 0.6) is 0 Å². The lowest BCUT2D eigenvalue weighted by Crippen LogP contribution is -2.20. The fourth-order valence-electron chi connectivity index (χ4n) is 2.45. The highest BCUT2D eigenvalue weighted by atomic mass is 32.2. The lowest BCUT2D eigenvalue weighted by molar-refractivity contribution is 0.563. The molecular formula is C13H18N2O2S. The van der Waals surface area contributed by atoms with Gasteiger partial charge in [0, 0.05) is 24.2 Å². The minimum Gasteiger partial charge on any atom is -0.357 e. The minimum atomic E-state index is -1.92. The summed E-state index contributed by atoms with van der Waals surface area (Å²) in [5.74, 6) is 0.871. The molecule has 1 unspecified atom stereocenters. The summed E-state index contributed by atoms with van der Waals surface area (Å²) in [6.07, 6.45) is 4.61. The van der Waals surface area contributed by atoms with Gasteiger partial charge in [-0.1, -0.05) is 6.92 Å². The molecule has 0 spiro atoms. The Labute approximate surface area is 110 Å². The molecule has 1 aromatic heterocycles. The highest BCUT2D eigenvalue weighted by Crippen LogP contribution is 2.47. The van der Waals surface area contributed by atoms with Crippen molar-refractivity contribution in [3.8, 4) is 0 Å². The molecule has 2 fully saturated rings. The third kappa shape index (κ3) is 2.17. The van der Waals surface area contributed by atoms with Crippen LogP contribution in [-0.2, 0) is 16.5 Å². The maximum Gasteiger partial charge on any atom is 0.186 e. The molecule has 18 heavy (non-hydrogen) atoms. The predicted molar refractivity (Wildman–Crippen MR) is 71.3 cm³/mol. The van der Waals surface area contributed by atoms with E-state index in [1.165, 1.54) is 12.8 Å². The van der Waals surface area contributed by atoms with Gasteiger partial charge in [-0.05, 0) is 37.8 Å². The highest BCUT2D eigenvalue weighted by molar-refractivity contribution is 7.79. The van der Waals surface area contributed by atoms with E-state index in [1.807, 2.05) is 0 Å². The average Bonchev–Trinajstić information content (AvgIpc) is 2.92. The van der Waals surface area contributed by atoms with Crippen molar-refractivity contribution in [3.05, 3.63) is 17.8 Å². The summed E-state index contributed by atoms with van der Waals surface area (Å²) in [7, 11) is 0. The third-order valence-corrected chi connectivity index (χ3v) is 4.67. The SMILES string of the molecule is CC1(c2cc(S(=O)O)cc(N3CCCC3)n2)CC1. The summed E-state index contributed by atoms with van der Waals surface area (Å²) >= 11 is -1.92. The largest absolute Gasteiger partial charge is 0.357 e. The number of anilines is 1. The van der Waals surface area contributed by atoms with E-state index in [0.29, 0.717) is 4.90 Å². The van der Waals surface area contributed by atoms with E-state index in [4.69, 9.17) is 4.98 Å². The van der Waals surface area contributed by atoms with Gasteiger partial charge in [0.2, 0.25) is 0 Å². The molecule has 2 aliphatic rings. The van der Waals surface area contributed by atoms with Gasteiger partial charge in [0.1, 0.15) is 5.82 Å². The van der Waals surface area contributed by atoms with E-state index in [0.717, 1.165) is 37.4 Å². The molecule has 4 nitrogen and oxygen atoms in total. The normalized spacial score (nSPS) is 23.1. The summed E-state index contributed by atoms with van der Waals surface area (Å²) in [6, 6.07) is 3.55. The van der Waals surface area contributed by atoms with E-state index in [1.54, 1.807) is 12.1 Å². The third-order valence-electron chi connectivity index (χ3n) is 4.04. The topological polar surface area (TPSA) is 53.4 Å². The number of pyridine rings is 1. The second-order valence-electron chi connectivity index (χ2n) is 5.55. The second-order valence-corrected chi connectivity index (χ2v) is 6.52. The standard InChI is InChI=1S/C13H18N2O2S/c1-13(4-5-13)11-8-10(18(16)17)9-12(14-11)15-6-2-3-7-15/h8-9H,2-7H2,1H3,(H,16,17). The Bertz CT molecular complexity index is 494. The summed E-state index contributed by atoms with van der Waals surface area (Å²) in [5.41, 5.74) is 1.11. The first-order valence-corrected chi connectivity index (χ1v) is 7.58. The van der Waals surface area contributed by atoms with E-state index in [9.17, 15) is 8.76 Å². The zero-order valence-corrected chi connectivity index (χ0v) is 11.4. The van der Waals surface area contributed by atoms with Gasteiger partial charge in [0.15, 0.2) is 11.1 Å². The molecule has 0 bridgehead atoms. The monoisotopic (exact) mass is 266 g/mol. The fourth-order valence-corrected chi connectivity index (χ4v) is 2.87. The molecule has 0 amide bonds. The van der Waals surface area contributed by atoms with Crippen molar-refractivity contribution in [1.29, 1.82) is 0 Å². The maximum absolute atomic E-state index is 11.3. The summed E-state index contributed by atoms with van der Waals surface area (Å²) in [4.78, 5) is 7.41. The van der Waals surface area contributed by atoms with Gasteiger partial charge in [0.25, 0.3) is 0 Å². The first-order chi connectivity index (χ1) is 8.58. The van der Waals surface area contributed by atoms with Gasteiger partial charge >= 0.3 is 0 Å². The lowest BCUT2D eigenvalue weighted by Gasteiger charge is -2.19. The number of hydrogen-bond donors (Lipinski definition) is 1. The summed E-state index contributed by atoms with van der Waals surface area (Å²) in [5, 5.41) is 0. The highest BCUT2D eigenvalue weighted by Gasteiger charge is 2.41. The van der Waals surface area contributed by atoms with E-state index >= 15 is 0 Å². The van der Waals surface area contributed by atoms with Crippen LogP contribution in [0.25, 0.3) is 0 Å². The van der Waals surface area contributed by atoms with Crippen molar-refractivity contribution in [2.45, 2.75) is 42.9 Å². The van der Waals surface area contributed by atoms with Crippen molar-refractivity contribution in [2.24, 2.45) is 0 Å². The van der Waals surface area contributed by atoms with Gasteiger partial charge in [0.05, 0.1) is 4.90 Å². The fraction of sp³-hybridized carbons (Fsp3) is 0.615. The Morgan fingerprint density at radius 2 is 2.00 bits per heavy atom. The van der Waals surface area contributed by atoms with Crippen LogP contribution in [0, 0.1) is 0 Å². The molecule has 98 valence electrons. The van der Waals surface area contributed by atoms with Crippen LogP contribution in [0.4, 0.5) is 5.82 Å². The van der Waals surface area contributed by atoms with Gasteiger partial charge in [-0.2, -0.15) is 0 Å². The summed E-state index contributed by atoms with van der Waals surface area (Å²) in [6.45, 7) is 4.18. The minimum absolute atomic E-state index is 0.129. The van der Waals surface area contributed by atoms with Crippen LogP contribution in [0.15, 0.2) is 17.0 Å². The Morgan fingerprint density at radius 3 is 2.56 bits per heavy atom. The number of rotatable bonds is 3. The van der Waals surface area contributed by atoms with Gasteiger partial charge in [-0.15, -0.1) is 0 Å².